The van der Waals surface area contributed by atoms with Crippen molar-refractivity contribution < 1.29 is 14.3 Å². The maximum absolute atomic E-state index is 11.9. The van der Waals surface area contributed by atoms with Crippen molar-refractivity contribution in [1.82, 2.24) is 0 Å². The number of carbonyl (C=O) groups excluding carboxylic acids is 1. The molecule has 1 aliphatic heterocycles. The minimum absolute atomic E-state index is 0.348. The molecule has 1 heterocycles. The van der Waals surface area contributed by atoms with E-state index in [9.17, 15) is 4.79 Å². The molecule has 0 saturated heterocycles. The van der Waals surface area contributed by atoms with Crippen molar-refractivity contribution in [2.24, 2.45) is 0 Å². The van der Waals surface area contributed by atoms with Crippen molar-refractivity contribution in [2.75, 3.05) is 12.4 Å². The van der Waals surface area contributed by atoms with Crippen molar-refractivity contribution in [3.63, 3.8) is 0 Å². The van der Waals surface area contributed by atoms with Crippen LogP contribution in [0.1, 0.15) is 11.7 Å². The van der Waals surface area contributed by atoms with Crippen LogP contribution in [0, 0.1) is 0 Å². The molecule has 2 aromatic rings. The second-order valence-electron chi connectivity index (χ2n) is 4.67. The number of nitrogens with one attached hydrogen (secondary N) is 1. The molecule has 0 amide bonds. The molecule has 0 aromatic heterocycles. The zero-order chi connectivity index (χ0) is 14.7. The van der Waals surface area contributed by atoms with Crippen molar-refractivity contribution in [3.05, 3.63) is 71.9 Å². The lowest BCUT2D eigenvalue weighted by Gasteiger charge is -2.08. The van der Waals surface area contributed by atoms with Crippen LogP contribution in [-0.2, 0) is 9.53 Å². The molecule has 1 aliphatic rings. The molecular formula is C17H15NO3. The van der Waals surface area contributed by atoms with Gasteiger partial charge in [0.25, 0.3) is 0 Å². The fourth-order valence-corrected chi connectivity index (χ4v) is 2.16. The zero-order valence-electron chi connectivity index (χ0n) is 11.6. The lowest BCUT2D eigenvalue weighted by molar-refractivity contribution is -0.139. The smallest absolute Gasteiger partial charge is 0.355 e. The van der Waals surface area contributed by atoms with Gasteiger partial charge in [-0.15, -0.1) is 0 Å². The van der Waals surface area contributed by atoms with Gasteiger partial charge in [0.2, 0.25) is 0 Å². The fourth-order valence-electron chi connectivity index (χ4n) is 2.16. The highest BCUT2D eigenvalue weighted by Gasteiger charge is 2.26. The lowest BCUT2D eigenvalue weighted by Crippen LogP contribution is -2.08. The summed E-state index contributed by atoms with van der Waals surface area (Å²) in [5.41, 5.74) is 2.23. The Kier molecular flexibility index (Phi) is 3.60. The van der Waals surface area contributed by atoms with Gasteiger partial charge in [-0.05, 0) is 35.9 Å². The number of hydrogen-bond donors (Lipinski definition) is 1. The third-order valence-corrected chi connectivity index (χ3v) is 3.27. The summed E-state index contributed by atoms with van der Waals surface area (Å²) in [7, 11) is 1.62. The lowest BCUT2D eigenvalue weighted by atomic mass is 10.1. The Labute approximate surface area is 123 Å². The van der Waals surface area contributed by atoms with Gasteiger partial charge in [0.05, 0.1) is 7.11 Å². The van der Waals surface area contributed by atoms with Crippen LogP contribution in [0.15, 0.2) is 66.4 Å². The number of cyclic esters (lactones) is 1. The van der Waals surface area contributed by atoms with Gasteiger partial charge in [-0.3, -0.25) is 0 Å². The number of carbonyl (C=O) groups is 1. The number of rotatable bonds is 4. The zero-order valence-corrected chi connectivity index (χ0v) is 11.6. The molecule has 4 nitrogen and oxygen atoms in total. The topological polar surface area (TPSA) is 47.6 Å². The van der Waals surface area contributed by atoms with Gasteiger partial charge >= 0.3 is 5.97 Å². The van der Waals surface area contributed by atoms with E-state index in [2.05, 4.69) is 5.32 Å². The average Bonchev–Trinajstić information content (AvgIpc) is 2.89. The molecule has 1 atom stereocenters. The number of benzene rings is 2. The minimum atomic E-state index is -0.366. The van der Waals surface area contributed by atoms with Crippen LogP contribution < -0.4 is 10.1 Å². The van der Waals surface area contributed by atoms with Crippen LogP contribution >= 0.6 is 0 Å². The SMILES string of the molecule is COc1ccc(C2C=C(Nc3ccccc3)C(=O)O2)cc1. The monoisotopic (exact) mass is 281 g/mol. The van der Waals surface area contributed by atoms with E-state index >= 15 is 0 Å². The molecular weight excluding hydrogens is 266 g/mol. The Bertz CT molecular complexity index is 662. The van der Waals surface area contributed by atoms with Gasteiger partial charge in [-0.25, -0.2) is 4.79 Å². The third-order valence-electron chi connectivity index (χ3n) is 3.27. The molecule has 21 heavy (non-hydrogen) atoms. The highest BCUT2D eigenvalue weighted by molar-refractivity contribution is 5.94. The Balaban J connectivity index is 1.78. The van der Waals surface area contributed by atoms with E-state index in [-0.39, 0.29) is 12.1 Å². The Morgan fingerprint density at radius 2 is 1.76 bits per heavy atom. The predicted octanol–water partition coefficient (Wildman–Crippen LogP) is 3.29. The molecule has 2 aromatic carbocycles. The molecule has 0 fully saturated rings. The van der Waals surface area contributed by atoms with Crippen LogP contribution in [0.3, 0.4) is 0 Å². The first-order chi connectivity index (χ1) is 10.3. The van der Waals surface area contributed by atoms with Gasteiger partial charge < -0.3 is 14.8 Å². The first kappa shape index (κ1) is 13.2. The van der Waals surface area contributed by atoms with Gasteiger partial charge in [0.1, 0.15) is 17.6 Å². The van der Waals surface area contributed by atoms with Gasteiger partial charge in [0, 0.05) is 5.69 Å². The van der Waals surface area contributed by atoms with Crippen LogP contribution in [-0.4, -0.2) is 13.1 Å². The Morgan fingerprint density at radius 1 is 1.05 bits per heavy atom. The van der Waals surface area contributed by atoms with E-state index in [1.807, 2.05) is 54.6 Å². The normalized spacial score (nSPS) is 17.1. The van der Waals surface area contributed by atoms with E-state index in [1.165, 1.54) is 0 Å². The quantitative estimate of drug-likeness (QED) is 0.874. The van der Waals surface area contributed by atoms with E-state index in [4.69, 9.17) is 9.47 Å². The molecule has 0 bridgehead atoms. The number of para-hydroxylation sites is 1. The summed E-state index contributed by atoms with van der Waals surface area (Å²) in [5.74, 6) is 0.425. The maximum Gasteiger partial charge on any atom is 0.355 e. The summed E-state index contributed by atoms with van der Waals surface area (Å²) in [6, 6.07) is 17.0. The molecule has 1 N–H and O–H groups in total. The van der Waals surface area contributed by atoms with Crippen LogP contribution in [0.4, 0.5) is 5.69 Å². The van der Waals surface area contributed by atoms with Crippen LogP contribution in [0.5, 0.6) is 5.75 Å². The predicted molar refractivity (Wildman–Crippen MR) is 80.0 cm³/mol. The molecule has 1 unspecified atom stereocenters. The molecule has 0 aliphatic carbocycles. The van der Waals surface area contributed by atoms with Crippen LogP contribution in [0.2, 0.25) is 0 Å². The number of anilines is 1. The Hall–Kier alpha value is -2.75. The summed E-state index contributed by atoms with van der Waals surface area (Å²) in [4.78, 5) is 11.9. The second-order valence-corrected chi connectivity index (χ2v) is 4.67. The van der Waals surface area contributed by atoms with E-state index in [0.717, 1.165) is 17.0 Å². The molecule has 106 valence electrons. The highest BCUT2D eigenvalue weighted by Crippen LogP contribution is 2.29. The van der Waals surface area contributed by atoms with Gasteiger partial charge in [-0.1, -0.05) is 30.3 Å². The minimum Gasteiger partial charge on any atom is -0.497 e. The van der Waals surface area contributed by atoms with E-state index < -0.39 is 0 Å². The molecule has 0 radical (unpaired) electrons. The number of hydrogen-bond acceptors (Lipinski definition) is 4. The molecule has 0 saturated carbocycles. The van der Waals surface area contributed by atoms with Crippen LogP contribution in [0.25, 0.3) is 0 Å². The Morgan fingerprint density at radius 3 is 2.43 bits per heavy atom. The van der Waals surface area contributed by atoms with E-state index in [0.29, 0.717) is 5.70 Å². The summed E-state index contributed by atoms with van der Waals surface area (Å²) < 4.78 is 10.5. The summed E-state index contributed by atoms with van der Waals surface area (Å²) in [5, 5.41) is 3.07. The second kappa shape index (κ2) is 5.71. The molecule has 3 rings (SSSR count). The summed E-state index contributed by atoms with van der Waals surface area (Å²) in [6.45, 7) is 0. The first-order valence-corrected chi connectivity index (χ1v) is 6.65. The average molecular weight is 281 g/mol. The summed E-state index contributed by atoms with van der Waals surface area (Å²) >= 11 is 0. The molecule has 4 heteroatoms. The highest BCUT2D eigenvalue weighted by atomic mass is 16.5. The number of esters is 1. The number of methoxy groups -OCH3 is 1. The number of ether oxygens (including phenoxy) is 2. The van der Waals surface area contributed by atoms with Crippen molar-refractivity contribution in [2.45, 2.75) is 6.10 Å². The standard InChI is InChI=1S/C17H15NO3/c1-20-14-9-7-12(8-10-14)16-11-15(17(19)21-16)18-13-5-3-2-4-6-13/h2-11,16,18H,1H3. The first-order valence-electron chi connectivity index (χ1n) is 6.65. The van der Waals surface area contributed by atoms with Crippen molar-refractivity contribution >= 4 is 11.7 Å². The van der Waals surface area contributed by atoms with Crippen molar-refractivity contribution in [3.8, 4) is 5.75 Å². The largest absolute Gasteiger partial charge is 0.497 e. The van der Waals surface area contributed by atoms with Gasteiger partial charge in [-0.2, -0.15) is 0 Å². The third kappa shape index (κ3) is 2.89. The van der Waals surface area contributed by atoms with E-state index in [1.54, 1.807) is 13.2 Å². The summed E-state index contributed by atoms with van der Waals surface area (Å²) in [6.07, 6.45) is 1.42. The maximum atomic E-state index is 11.9. The van der Waals surface area contributed by atoms with Gasteiger partial charge in [0.15, 0.2) is 0 Å². The van der Waals surface area contributed by atoms with Crippen molar-refractivity contribution in [1.29, 1.82) is 0 Å². The fraction of sp³-hybridized carbons (Fsp3) is 0.118. The molecule has 0 spiro atoms.